The summed E-state index contributed by atoms with van der Waals surface area (Å²) >= 11 is 0. The fourth-order valence-electron chi connectivity index (χ4n) is 4.21. The van der Waals surface area contributed by atoms with Crippen LogP contribution in [0.4, 0.5) is 5.95 Å². The number of benzene rings is 2. The molecule has 0 bridgehead atoms. The number of hydrogen-bond acceptors (Lipinski definition) is 11. The van der Waals surface area contributed by atoms with Gasteiger partial charge in [-0.1, -0.05) is 36.4 Å². The Bertz CT molecular complexity index is 1430. The number of aliphatic hydroxyl groups is 1. The highest BCUT2D eigenvalue weighted by atomic mass is 16.6. The van der Waals surface area contributed by atoms with Gasteiger partial charge in [0.05, 0.1) is 30.7 Å². The fourth-order valence-corrected chi connectivity index (χ4v) is 4.21. The van der Waals surface area contributed by atoms with Crippen LogP contribution in [0.25, 0.3) is 11.2 Å². The molecule has 5 rings (SSSR count). The number of ether oxygens (including phenoxy) is 4. The van der Waals surface area contributed by atoms with Crippen LogP contribution in [0.1, 0.15) is 33.9 Å². The van der Waals surface area contributed by atoms with Crippen LogP contribution in [0.15, 0.2) is 67.0 Å². The first-order valence-electron chi connectivity index (χ1n) is 11.9. The third-order valence-corrected chi connectivity index (χ3v) is 5.93. The van der Waals surface area contributed by atoms with Gasteiger partial charge >= 0.3 is 11.9 Å². The lowest BCUT2D eigenvalue weighted by molar-refractivity contribution is -0.0566. The molecule has 0 saturated carbocycles. The van der Waals surface area contributed by atoms with E-state index in [0.717, 1.165) is 0 Å². The lowest BCUT2D eigenvalue weighted by Gasteiger charge is -2.24. The van der Waals surface area contributed by atoms with E-state index in [1.54, 1.807) is 67.6 Å². The summed E-state index contributed by atoms with van der Waals surface area (Å²) in [6, 6.07) is 16.7. The number of hydrogen-bond donors (Lipinski definition) is 2. The second-order valence-corrected chi connectivity index (χ2v) is 8.36. The third-order valence-electron chi connectivity index (χ3n) is 5.93. The summed E-state index contributed by atoms with van der Waals surface area (Å²) in [7, 11) is 0. The average molecular weight is 520 g/mol. The zero-order valence-corrected chi connectivity index (χ0v) is 20.3. The number of anilines is 1. The molecule has 3 N–H and O–H groups in total. The Hall–Kier alpha value is -4.55. The summed E-state index contributed by atoms with van der Waals surface area (Å²) < 4.78 is 24.7. The highest BCUT2D eigenvalue weighted by Gasteiger charge is 2.51. The molecule has 0 aliphatic carbocycles. The number of carbonyl (C=O) groups excluding carboxylic acids is 2. The quantitative estimate of drug-likeness (QED) is 0.328. The number of imidazole rings is 1. The maximum absolute atomic E-state index is 13.1. The normalized spacial score (nSPS) is 20.8. The Morgan fingerprint density at radius 1 is 0.974 bits per heavy atom. The molecule has 4 aromatic rings. The minimum atomic E-state index is -1.18. The van der Waals surface area contributed by atoms with Gasteiger partial charge in [-0.05, 0) is 31.2 Å². The Kier molecular flexibility index (Phi) is 7.15. The minimum Gasteiger partial charge on any atom is -0.476 e. The van der Waals surface area contributed by atoms with E-state index in [1.807, 2.05) is 0 Å². The van der Waals surface area contributed by atoms with Crippen molar-refractivity contribution in [3.8, 4) is 5.88 Å². The second kappa shape index (κ2) is 10.8. The molecule has 2 aromatic carbocycles. The molecule has 12 nitrogen and oxygen atoms in total. The molecule has 12 heteroatoms. The number of nitrogens with two attached hydrogens (primary N) is 1. The average Bonchev–Trinajstić information content (AvgIpc) is 3.50. The van der Waals surface area contributed by atoms with Gasteiger partial charge in [-0.2, -0.15) is 9.97 Å². The molecule has 4 atom stereocenters. The number of nitrogen functional groups attached to an aromatic ring is 1. The van der Waals surface area contributed by atoms with Gasteiger partial charge in [0, 0.05) is 0 Å². The topological polar surface area (TPSA) is 161 Å². The van der Waals surface area contributed by atoms with Gasteiger partial charge in [0.25, 0.3) is 0 Å². The fraction of sp³-hybridized carbons (Fsp3) is 0.269. The molecule has 2 aromatic heterocycles. The van der Waals surface area contributed by atoms with E-state index in [9.17, 15) is 14.7 Å². The lowest BCUT2D eigenvalue weighted by Crippen LogP contribution is -2.40. The SMILES string of the molecule is CCOc1nc(N)nc2c1ncn2[C@@H]1O[C@H](CO)[C@@H](OC(=O)c2ccccc2)[C@H]1OC(=O)c1ccccc1. The van der Waals surface area contributed by atoms with Gasteiger partial charge in [0.2, 0.25) is 11.8 Å². The van der Waals surface area contributed by atoms with Crippen molar-refractivity contribution < 1.29 is 33.6 Å². The number of carbonyl (C=O) groups is 2. The standard InChI is InChI=1S/C26H25N5O7/c1-2-35-22-18-21(29-26(27)30-22)31(14-28-18)23-20(38-25(34)16-11-7-4-8-12-16)19(17(13-32)36-23)37-24(33)15-9-5-3-6-10-15/h3-12,14,17,19-20,23,32H,2,13H2,1H3,(H2,27,29,30)/t17-,19-,20-,23-/m1/s1. The first-order chi connectivity index (χ1) is 18.5. The van der Waals surface area contributed by atoms with Crippen molar-refractivity contribution in [3.63, 3.8) is 0 Å². The number of rotatable bonds is 8. The molecule has 0 amide bonds. The molecule has 0 spiro atoms. The van der Waals surface area contributed by atoms with Gasteiger partial charge in [0.15, 0.2) is 29.6 Å². The molecular weight excluding hydrogens is 494 g/mol. The Balaban J connectivity index is 1.55. The largest absolute Gasteiger partial charge is 0.476 e. The van der Waals surface area contributed by atoms with Crippen LogP contribution in [-0.2, 0) is 14.2 Å². The van der Waals surface area contributed by atoms with E-state index in [4.69, 9.17) is 24.7 Å². The first kappa shape index (κ1) is 25.1. The van der Waals surface area contributed by atoms with Gasteiger partial charge in [-0.25, -0.2) is 14.6 Å². The third kappa shape index (κ3) is 4.86. The van der Waals surface area contributed by atoms with Crippen molar-refractivity contribution in [2.45, 2.75) is 31.5 Å². The lowest BCUT2D eigenvalue weighted by atomic mass is 10.1. The van der Waals surface area contributed by atoms with Crippen molar-refractivity contribution in [2.75, 3.05) is 18.9 Å². The van der Waals surface area contributed by atoms with E-state index in [-0.39, 0.29) is 28.6 Å². The van der Waals surface area contributed by atoms with Crippen molar-refractivity contribution in [2.24, 2.45) is 0 Å². The molecule has 0 unspecified atom stereocenters. The molecule has 1 aliphatic heterocycles. The number of fused-ring (bicyclic) bond motifs is 1. The zero-order chi connectivity index (χ0) is 26.6. The summed E-state index contributed by atoms with van der Waals surface area (Å²) in [4.78, 5) is 38.8. The van der Waals surface area contributed by atoms with Crippen LogP contribution >= 0.6 is 0 Å². The summed E-state index contributed by atoms with van der Waals surface area (Å²) in [5, 5.41) is 10.1. The highest BCUT2D eigenvalue weighted by molar-refractivity contribution is 5.90. The smallest absolute Gasteiger partial charge is 0.338 e. The van der Waals surface area contributed by atoms with E-state index in [0.29, 0.717) is 12.1 Å². The zero-order valence-electron chi connectivity index (χ0n) is 20.3. The van der Waals surface area contributed by atoms with Gasteiger partial charge in [-0.3, -0.25) is 4.57 Å². The summed E-state index contributed by atoms with van der Waals surface area (Å²) in [5.74, 6) is -1.23. The second-order valence-electron chi connectivity index (χ2n) is 8.36. The van der Waals surface area contributed by atoms with Gasteiger partial charge in [0.1, 0.15) is 6.10 Å². The molecule has 1 fully saturated rings. The Morgan fingerprint density at radius 3 is 2.16 bits per heavy atom. The van der Waals surface area contributed by atoms with Crippen LogP contribution in [0.5, 0.6) is 5.88 Å². The molecule has 38 heavy (non-hydrogen) atoms. The molecule has 1 saturated heterocycles. The van der Waals surface area contributed by atoms with E-state index in [2.05, 4.69) is 15.0 Å². The summed E-state index contributed by atoms with van der Waals surface area (Å²) in [6.07, 6.45) is -3.04. The summed E-state index contributed by atoms with van der Waals surface area (Å²) in [5.41, 5.74) is 7.03. The van der Waals surface area contributed by atoms with E-state index < -0.39 is 43.1 Å². The minimum absolute atomic E-state index is 0.0655. The molecule has 1 aliphatic rings. The van der Waals surface area contributed by atoms with Crippen LogP contribution in [0.3, 0.4) is 0 Å². The predicted octanol–water partition coefficient (Wildman–Crippen LogP) is 2.15. The van der Waals surface area contributed by atoms with Crippen molar-refractivity contribution in [3.05, 3.63) is 78.1 Å². The van der Waals surface area contributed by atoms with E-state index >= 15 is 0 Å². The van der Waals surface area contributed by atoms with Crippen molar-refractivity contribution >= 4 is 29.1 Å². The Morgan fingerprint density at radius 2 is 1.58 bits per heavy atom. The highest BCUT2D eigenvalue weighted by Crippen LogP contribution is 2.37. The maximum Gasteiger partial charge on any atom is 0.338 e. The van der Waals surface area contributed by atoms with Crippen LogP contribution in [0, 0.1) is 0 Å². The number of aliphatic hydroxyl groups excluding tert-OH is 1. The van der Waals surface area contributed by atoms with E-state index in [1.165, 1.54) is 10.9 Å². The van der Waals surface area contributed by atoms with Crippen molar-refractivity contribution in [1.82, 2.24) is 19.5 Å². The molecule has 3 heterocycles. The molecular formula is C26H25N5O7. The van der Waals surface area contributed by atoms with Crippen molar-refractivity contribution in [1.29, 1.82) is 0 Å². The van der Waals surface area contributed by atoms with Crippen LogP contribution < -0.4 is 10.5 Å². The van der Waals surface area contributed by atoms with Gasteiger partial charge in [-0.15, -0.1) is 0 Å². The van der Waals surface area contributed by atoms with Crippen LogP contribution in [0.2, 0.25) is 0 Å². The molecule has 0 radical (unpaired) electrons. The van der Waals surface area contributed by atoms with Crippen LogP contribution in [-0.4, -0.2) is 68.1 Å². The van der Waals surface area contributed by atoms with Gasteiger partial charge < -0.3 is 29.8 Å². The monoisotopic (exact) mass is 519 g/mol. The Labute approximate surface area is 216 Å². The molecule has 196 valence electrons. The predicted molar refractivity (Wildman–Crippen MR) is 133 cm³/mol. The number of esters is 2. The number of aromatic nitrogens is 4. The summed E-state index contributed by atoms with van der Waals surface area (Å²) in [6.45, 7) is 1.59. The first-order valence-corrected chi connectivity index (χ1v) is 11.9. The maximum atomic E-state index is 13.1. The number of nitrogens with zero attached hydrogens (tertiary/aromatic N) is 4.